The summed E-state index contributed by atoms with van der Waals surface area (Å²) in [5.41, 5.74) is 3.67. The molecule has 0 aliphatic rings. The molecule has 2 N–H and O–H groups in total. The zero-order chi connectivity index (χ0) is 18.7. The Labute approximate surface area is 141 Å². The number of nitrogens with zero attached hydrogens (tertiary/aromatic N) is 1. The van der Waals surface area contributed by atoms with E-state index in [0.29, 0.717) is 4.90 Å². The van der Waals surface area contributed by atoms with Gasteiger partial charge in [0.15, 0.2) is 5.82 Å². The van der Waals surface area contributed by atoms with Crippen molar-refractivity contribution in [3.05, 3.63) is 29.6 Å². The van der Waals surface area contributed by atoms with E-state index in [9.17, 15) is 14.0 Å². The van der Waals surface area contributed by atoms with Crippen LogP contribution in [0.4, 0.5) is 19.7 Å². The first-order chi connectivity index (χ1) is 10.9. The van der Waals surface area contributed by atoms with Crippen molar-refractivity contribution in [1.29, 1.82) is 0 Å². The molecule has 1 rings (SSSR count). The standard InChI is InChI=1S/C17H25FN2O4/c1-16(2,3)23-14(21)20(15(22)24-17(4,5)6)12-9-7-8-11(10-19)13(12)18/h7-9H,10,19H2,1-6H3. The lowest BCUT2D eigenvalue weighted by atomic mass is 10.1. The predicted molar refractivity (Wildman–Crippen MR) is 89.2 cm³/mol. The van der Waals surface area contributed by atoms with E-state index in [1.54, 1.807) is 41.5 Å². The molecular weight excluding hydrogens is 315 g/mol. The summed E-state index contributed by atoms with van der Waals surface area (Å²) in [5.74, 6) is -0.767. The van der Waals surface area contributed by atoms with E-state index < -0.39 is 29.2 Å². The fourth-order valence-corrected chi connectivity index (χ4v) is 1.78. The molecule has 7 heteroatoms. The molecular formula is C17H25FN2O4. The van der Waals surface area contributed by atoms with E-state index in [-0.39, 0.29) is 17.8 Å². The van der Waals surface area contributed by atoms with Crippen molar-refractivity contribution < 1.29 is 23.5 Å². The summed E-state index contributed by atoms with van der Waals surface area (Å²) in [4.78, 5) is 25.4. The minimum Gasteiger partial charge on any atom is -0.443 e. The van der Waals surface area contributed by atoms with Crippen molar-refractivity contribution in [2.24, 2.45) is 5.73 Å². The summed E-state index contributed by atoms with van der Waals surface area (Å²) in [5, 5.41) is 0. The van der Waals surface area contributed by atoms with Gasteiger partial charge in [0, 0.05) is 12.1 Å². The molecule has 0 saturated heterocycles. The highest BCUT2D eigenvalue weighted by molar-refractivity contribution is 6.09. The molecule has 0 spiro atoms. The third-order valence-electron chi connectivity index (χ3n) is 2.67. The molecule has 134 valence electrons. The Morgan fingerprint density at radius 2 is 1.50 bits per heavy atom. The highest BCUT2D eigenvalue weighted by Gasteiger charge is 2.34. The molecule has 0 unspecified atom stereocenters. The van der Waals surface area contributed by atoms with Gasteiger partial charge in [-0.25, -0.2) is 14.0 Å². The van der Waals surface area contributed by atoms with Gasteiger partial charge in [0.05, 0.1) is 5.69 Å². The second kappa shape index (κ2) is 7.17. The van der Waals surface area contributed by atoms with Gasteiger partial charge in [-0.2, -0.15) is 4.90 Å². The smallest absolute Gasteiger partial charge is 0.424 e. The van der Waals surface area contributed by atoms with Crippen molar-refractivity contribution in [2.75, 3.05) is 4.90 Å². The van der Waals surface area contributed by atoms with E-state index in [1.165, 1.54) is 18.2 Å². The van der Waals surface area contributed by atoms with Crippen LogP contribution in [0.25, 0.3) is 0 Å². The molecule has 0 atom stereocenters. The number of carbonyl (C=O) groups is 2. The van der Waals surface area contributed by atoms with Crippen molar-refractivity contribution in [1.82, 2.24) is 0 Å². The van der Waals surface area contributed by atoms with Crippen LogP contribution in [-0.2, 0) is 16.0 Å². The number of rotatable bonds is 2. The van der Waals surface area contributed by atoms with Crippen LogP contribution in [0, 0.1) is 5.82 Å². The largest absolute Gasteiger partial charge is 0.443 e. The molecule has 0 radical (unpaired) electrons. The maximum absolute atomic E-state index is 14.6. The Hall–Kier alpha value is -2.15. The Morgan fingerprint density at radius 1 is 1.04 bits per heavy atom. The molecule has 24 heavy (non-hydrogen) atoms. The normalized spacial score (nSPS) is 11.8. The van der Waals surface area contributed by atoms with Crippen molar-refractivity contribution in [3.8, 4) is 0 Å². The minimum atomic E-state index is -1.02. The van der Waals surface area contributed by atoms with Gasteiger partial charge in [0.1, 0.15) is 11.2 Å². The van der Waals surface area contributed by atoms with Crippen molar-refractivity contribution >= 4 is 17.9 Å². The lowest BCUT2D eigenvalue weighted by Crippen LogP contribution is -2.44. The number of hydrogen-bond acceptors (Lipinski definition) is 5. The SMILES string of the molecule is CC(C)(C)OC(=O)N(C(=O)OC(C)(C)C)c1cccc(CN)c1F. The number of hydrogen-bond donors (Lipinski definition) is 1. The number of amides is 2. The Kier molecular flexibility index (Phi) is 5.94. The van der Waals surface area contributed by atoms with Crippen LogP contribution < -0.4 is 10.6 Å². The van der Waals surface area contributed by atoms with Gasteiger partial charge in [-0.15, -0.1) is 0 Å². The van der Waals surface area contributed by atoms with E-state index in [0.717, 1.165) is 0 Å². The summed E-state index contributed by atoms with van der Waals surface area (Å²) in [6.07, 6.45) is -2.05. The number of halogens is 1. The van der Waals surface area contributed by atoms with Crippen LogP contribution >= 0.6 is 0 Å². The van der Waals surface area contributed by atoms with Crippen molar-refractivity contribution in [2.45, 2.75) is 59.3 Å². The molecule has 6 nitrogen and oxygen atoms in total. The van der Waals surface area contributed by atoms with Crippen LogP contribution in [0.2, 0.25) is 0 Å². The van der Waals surface area contributed by atoms with Crippen LogP contribution in [0.5, 0.6) is 0 Å². The number of nitrogens with two attached hydrogens (primary N) is 1. The molecule has 0 bridgehead atoms. The number of carbonyl (C=O) groups excluding carboxylic acids is 2. The predicted octanol–water partition coefficient (Wildman–Crippen LogP) is 3.96. The van der Waals surface area contributed by atoms with Gasteiger partial charge in [0.25, 0.3) is 0 Å². The Balaban J connectivity index is 3.33. The van der Waals surface area contributed by atoms with E-state index in [1.807, 2.05) is 0 Å². The van der Waals surface area contributed by atoms with Crippen LogP contribution in [-0.4, -0.2) is 23.4 Å². The van der Waals surface area contributed by atoms with Gasteiger partial charge in [0.2, 0.25) is 0 Å². The maximum Gasteiger partial charge on any atom is 0.424 e. The minimum absolute atomic E-state index is 0.0733. The molecule has 0 aliphatic heterocycles. The summed E-state index contributed by atoms with van der Waals surface area (Å²) >= 11 is 0. The zero-order valence-electron chi connectivity index (χ0n) is 15.0. The first kappa shape index (κ1) is 19.9. The molecule has 0 aromatic heterocycles. The van der Waals surface area contributed by atoms with Crippen LogP contribution in [0.15, 0.2) is 18.2 Å². The lowest BCUT2D eigenvalue weighted by Gasteiger charge is -2.29. The topological polar surface area (TPSA) is 81.9 Å². The second-order valence-electron chi connectivity index (χ2n) is 7.25. The van der Waals surface area contributed by atoms with Gasteiger partial charge in [-0.3, -0.25) is 0 Å². The number of anilines is 1. The van der Waals surface area contributed by atoms with Gasteiger partial charge >= 0.3 is 12.2 Å². The van der Waals surface area contributed by atoms with E-state index >= 15 is 0 Å². The molecule has 0 heterocycles. The summed E-state index contributed by atoms with van der Waals surface area (Å²) in [6.45, 7) is 9.79. The molecule has 0 fully saturated rings. The summed E-state index contributed by atoms with van der Waals surface area (Å²) < 4.78 is 25.0. The average Bonchev–Trinajstić information content (AvgIpc) is 2.36. The quantitative estimate of drug-likeness (QED) is 0.881. The van der Waals surface area contributed by atoms with Crippen molar-refractivity contribution in [3.63, 3.8) is 0 Å². The summed E-state index contributed by atoms with van der Waals surface area (Å²) in [6, 6.07) is 4.27. The average molecular weight is 340 g/mol. The third-order valence-corrected chi connectivity index (χ3v) is 2.67. The molecule has 0 aliphatic carbocycles. The highest BCUT2D eigenvalue weighted by atomic mass is 19.1. The van der Waals surface area contributed by atoms with E-state index in [4.69, 9.17) is 15.2 Å². The first-order valence-corrected chi connectivity index (χ1v) is 7.59. The number of imide groups is 1. The monoisotopic (exact) mass is 340 g/mol. The Bertz CT molecular complexity index is 590. The molecule has 0 saturated carbocycles. The van der Waals surface area contributed by atoms with Gasteiger partial charge < -0.3 is 15.2 Å². The molecule has 1 aromatic carbocycles. The first-order valence-electron chi connectivity index (χ1n) is 7.59. The summed E-state index contributed by atoms with van der Waals surface area (Å²) in [7, 11) is 0. The number of benzene rings is 1. The second-order valence-corrected chi connectivity index (χ2v) is 7.25. The Morgan fingerprint density at radius 3 is 1.88 bits per heavy atom. The lowest BCUT2D eigenvalue weighted by molar-refractivity contribution is 0.0429. The fourth-order valence-electron chi connectivity index (χ4n) is 1.78. The van der Waals surface area contributed by atoms with Gasteiger partial charge in [-0.05, 0) is 47.6 Å². The van der Waals surface area contributed by atoms with Gasteiger partial charge in [-0.1, -0.05) is 12.1 Å². The molecule has 2 amide bonds. The van der Waals surface area contributed by atoms with E-state index in [2.05, 4.69) is 0 Å². The highest BCUT2D eigenvalue weighted by Crippen LogP contribution is 2.26. The third kappa shape index (κ3) is 5.49. The van der Waals surface area contributed by atoms with Crippen LogP contribution in [0.3, 0.4) is 0 Å². The maximum atomic E-state index is 14.6. The van der Waals surface area contributed by atoms with Crippen LogP contribution in [0.1, 0.15) is 47.1 Å². The fraction of sp³-hybridized carbons (Fsp3) is 0.529. The molecule has 1 aromatic rings. The number of ether oxygens (including phenoxy) is 2. The zero-order valence-corrected chi connectivity index (χ0v) is 15.0.